The summed E-state index contributed by atoms with van der Waals surface area (Å²) in [6, 6.07) is 6.79. The van der Waals surface area contributed by atoms with Crippen LogP contribution in [0.3, 0.4) is 0 Å². The number of carbonyl (C=O) groups is 3. The van der Waals surface area contributed by atoms with E-state index in [1.165, 1.54) is 17.9 Å². The van der Waals surface area contributed by atoms with Crippen molar-refractivity contribution in [2.75, 3.05) is 6.54 Å². The van der Waals surface area contributed by atoms with E-state index in [-0.39, 0.29) is 17.6 Å². The lowest BCUT2D eigenvalue weighted by atomic mass is 10.1. The van der Waals surface area contributed by atoms with E-state index in [1.807, 2.05) is 0 Å². The molecule has 2 amide bonds. The molecule has 0 spiro atoms. The van der Waals surface area contributed by atoms with Crippen LogP contribution < -0.4 is 0 Å². The quantitative estimate of drug-likeness (QED) is 0.469. The minimum absolute atomic E-state index is 0.0861. The van der Waals surface area contributed by atoms with E-state index in [4.69, 9.17) is 0 Å². The fourth-order valence-electron chi connectivity index (χ4n) is 1.90. The first-order valence-corrected chi connectivity index (χ1v) is 5.98. The lowest BCUT2D eigenvalue weighted by molar-refractivity contribution is -0.112. The minimum atomic E-state index is -0.260. The molecule has 1 heterocycles. The second-order valence-corrected chi connectivity index (χ2v) is 4.22. The lowest BCUT2D eigenvalue weighted by Crippen LogP contribution is -2.30. The van der Waals surface area contributed by atoms with Crippen molar-refractivity contribution >= 4 is 17.6 Å². The average molecular weight is 255 g/mol. The number of ketones is 1. The summed E-state index contributed by atoms with van der Waals surface area (Å²) in [5.74, 6) is -0.605. The van der Waals surface area contributed by atoms with E-state index in [2.05, 4.69) is 5.73 Å². The molecule has 0 saturated heterocycles. The number of hydrogen-bond acceptors (Lipinski definition) is 3. The average Bonchev–Trinajstić information content (AvgIpc) is 2.63. The summed E-state index contributed by atoms with van der Waals surface area (Å²) in [6.07, 6.45) is 3.45. The van der Waals surface area contributed by atoms with Crippen LogP contribution in [0.4, 0.5) is 0 Å². The largest absolute Gasteiger partial charge is 0.294 e. The predicted octanol–water partition coefficient (Wildman–Crippen LogP) is 1.97. The maximum atomic E-state index is 12.0. The number of nitrogens with zero attached hydrogens (tertiary/aromatic N) is 1. The van der Waals surface area contributed by atoms with Gasteiger partial charge in [-0.3, -0.25) is 19.3 Å². The van der Waals surface area contributed by atoms with Gasteiger partial charge in [0.25, 0.3) is 11.8 Å². The molecular formula is C15H13NO3. The predicted molar refractivity (Wildman–Crippen MR) is 69.8 cm³/mol. The van der Waals surface area contributed by atoms with E-state index in [1.54, 1.807) is 30.3 Å². The molecule has 0 N–H and O–H groups in total. The molecule has 1 aliphatic rings. The Labute approximate surface area is 111 Å². The van der Waals surface area contributed by atoms with Gasteiger partial charge in [0, 0.05) is 12.6 Å². The fraction of sp³-hybridized carbons (Fsp3) is 0.200. The molecule has 2 rings (SSSR count). The van der Waals surface area contributed by atoms with Gasteiger partial charge < -0.3 is 0 Å². The number of rotatable bonds is 4. The molecule has 1 aromatic carbocycles. The van der Waals surface area contributed by atoms with Crippen molar-refractivity contribution in [3.05, 3.63) is 53.3 Å². The van der Waals surface area contributed by atoms with Crippen molar-refractivity contribution in [2.45, 2.75) is 13.3 Å². The van der Waals surface area contributed by atoms with Gasteiger partial charge in [-0.15, -0.1) is 5.73 Å². The monoisotopic (exact) mass is 255 g/mol. The third-order valence-electron chi connectivity index (χ3n) is 2.78. The van der Waals surface area contributed by atoms with Crippen molar-refractivity contribution in [2.24, 2.45) is 0 Å². The van der Waals surface area contributed by atoms with Crippen molar-refractivity contribution in [3.63, 3.8) is 0 Å². The molecule has 1 aliphatic heterocycles. The maximum Gasteiger partial charge on any atom is 0.261 e. The third-order valence-corrected chi connectivity index (χ3v) is 2.78. The first-order valence-electron chi connectivity index (χ1n) is 5.98. The van der Waals surface area contributed by atoms with Crippen LogP contribution in [-0.4, -0.2) is 29.0 Å². The van der Waals surface area contributed by atoms with Gasteiger partial charge in [-0.25, -0.2) is 0 Å². The molecule has 0 fully saturated rings. The standard InChI is InChI=1S/C15H13NO3/c1-11(17)7-3-2-6-10-16-14(18)12-8-4-5-9-13(12)15(16)19/h2,4-5,7-9H,6,10H2,1H3. The summed E-state index contributed by atoms with van der Waals surface area (Å²) in [5, 5.41) is 0. The molecule has 0 radical (unpaired) electrons. The van der Waals surface area contributed by atoms with Crippen LogP contribution in [0, 0.1) is 0 Å². The molecule has 0 aromatic heterocycles. The molecule has 0 saturated carbocycles. The second kappa shape index (κ2) is 5.46. The SMILES string of the molecule is CC(=O)C=C=CCCN1C(=O)c2ccccc2C1=O. The van der Waals surface area contributed by atoms with Gasteiger partial charge in [-0.05, 0) is 31.6 Å². The highest BCUT2D eigenvalue weighted by Gasteiger charge is 2.34. The van der Waals surface area contributed by atoms with Crippen LogP contribution >= 0.6 is 0 Å². The summed E-state index contributed by atoms with van der Waals surface area (Å²) >= 11 is 0. The Hall–Kier alpha value is -2.45. The molecule has 4 nitrogen and oxygen atoms in total. The van der Waals surface area contributed by atoms with E-state index in [9.17, 15) is 14.4 Å². The van der Waals surface area contributed by atoms with Crippen LogP contribution in [0.15, 0.2) is 42.1 Å². The van der Waals surface area contributed by atoms with Gasteiger partial charge >= 0.3 is 0 Å². The minimum Gasteiger partial charge on any atom is -0.294 e. The van der Waals surface area contributed by atoms with E-state index in [0.717, 1.165) is 0 Å². The Morgan fingerprint density at radius 3 is 2.32 bits per heavy atom. The molecule has 96 valence electrons. The number of amides is 2. The number of hydrogen-bond donors (Lipinski definition) is 0. The van der Waals surface area contributed by atoms with Gasteiger partial charge in [0.15, 0.2) is 5.78 Å². The molecule has 0 unspecified atom stereocenters. The van der Waals surface area contributed by atoms with Crippen molar-refractivity contribution in [1.29, 1.82) is 0 Å². The molecule has 0 aliphatic carbocycles. The Kier molecular flexibility index (Phi) is 3.74. The van der Waals surface area contributed by atoms with Crippen molar-refractivity contribution in [3.8, 4) is 0 Å². The van der Waals surface area contributed by atoms with Crippen LogP contribution in [0.2, 0.25) is 0 Å². The number of imide groups is 1. The summed E-state index contributed by atoms with van der Waals surface area (Å²) in [7, 11) is 0. The van der Waals surface area contributed by atoms with Crippen LogP contribution in [0.1, 0.15) is 34.1 Å². The fourth-order valence-corrected chi connectivity index (χ4v) is 1.90. The van der Waals surface area contributed by atoms with E-state index < -0.39 is 0 Å². The number of fused-ring (bicyclic) bond motifs is 1. The summed E-state index contributed by atoms with van der Waals surface area (Å²) in [4.78, 5) is 35.9. The Bertz CT molecular complexity index is 575. The number of carbonyl (C=O) groups excluding carboxylic acids is 3. The highest BCUT2D eigenvalue weighted by atomic mass is 16.2. The molecule has 19 heavy (non-hydrogen) atoms. The van der Waals surface area contributed by atoms with Gasteiger partial charge in [0.2, 0.25) is 0 Å². The van der Waals surface area contributed by atoms with Crippen molar-refractivity contribution in [1.82, 2.24) is 4.90 Å². The molecule has 4 heteroatoms. The Balaban J connectivity index is 2.05. The Morgan fingerprint density at radius 1 is 1.21 bits per heavy atom. The second-order valence-electron chi connectivity index (χ2n) is 4.22. The zero-order valence-electron chi connectivity index (χ0n) is 10.6. The summed E-state index contributed by atoms with van der Waals surface area (Å²) in [6.45, 7) is 1.73. The number of benzene rings is 1. The van der Waals surface area contributed by atoms with Crippen LogP contribution in [-0.2, 0) is 4.79 Å². The third kappa shape index (κ3) is 2.69. The van der Waals surface area contributed by atoms with Gasteiger partial charge in [-0.2, -0.15) is 0 Å². The zero-order valence-corrected chi connectivity index (χ0v) is 10.6. The molecule has 0 atom stereocenters. The first kappa shape index (κ1) is 13.0. The topological polar surface area (TPSA) is 54.5 Å². The van der Waals surface area contributed by atoms with Gasteiger partial charge in [0.05, 0.1) is 11.1 Å². The lowest BCUT2D eigenvalue weighted by Gasteiger charge is -2.11. The molecular weight excluding hydrogens is 242 g/mol. The van der Waals surface area contributed by atoms with Gasteiger partial charge in [0.1, 0.15) is 0 Å². The maximum absolute atomic E-state index is 12.0. The highest BCUT2D eigenvalue weighted by molar-refractivity contribution is 6.21. The summed E-state index contributed by atoms with van der Waals surface area (Å²) in [5.41, 5.74) is 3.62. The van der Waals surface area contributed by atoms with E-state index in [0.29, 0.717) is 24.1 Å². The smallest absolute Gasteiger partial charge is 0.261 e. The van der Waals surface area contributed by atoms with Crippen molar-refractivity contribution < 1.29 is 14.4 Å². The summed E-state index contributed by atoms with van der Waals surface area (Å²) < 4.78 is 0. The molecule has 1 aromatic rings. The first-order chi connectivity index (χ1) is 9.11. The van der Waals surface area contributed by atoms with E-state index >= 15 is 0 Å². The van der Waals surface area contributed by atoms with Crippen LogP contribution in [0.5, 0.6) is 0 Å². The van der Waals surface area contributed by atoms with Crippen LogP contribution in [0.25, 0.3) is 0 Å². The zero-order chi connectivity index (χ0) is 13.8. The Morgan fingerprint density at radius 2 is 1.79 bits per heavy atom. The highest BCUT2D eigenvalue weighted by Crippen LogP contribution is 2.22. The normalized spacial score (nSPS) is 13.0. The molecule has 0 bridgehead atoms. The van der Waals surface area contributed by atoms with Gasteiger partial charge in [-0.1, -0.05) is 12.1 Å².